The van der Waals surface area contributed by atoms with Crippen LogP contribution in [0, 0.1) is 11.3 Å². The zero-order valence-electron chi connectivity index (χ0n) is 19.2. The van der Waals surface area contributed by atoms with Crippen LogP contribution in [0.2, 0.25) is 0 Å². The molecule has 0 radical (unpaired) electrons. The molecule has 164 valence electrons. The smallest absolute Gasteiger partial charge is 0.120 e. The van der Waals surface area contributed by atoms with E-state index in [1.54, 1.807) is 0 Å². The van der Waals surface area contributed by atoms with Crippen molar-refractivity contribution in [3.8, 4) is 5.75 Å². The van der Waals surface area contributed by atoms with E-state index >= 15 is 0 Å². The molecule has 0 aliphatic heterocycles. The fraction of sp³-hybridized carbons (Fsp3) is 0.577. The summed E-state index contributed by atoms with van der Waals surface area (Å²) < 4.78 is 11.7. The molecule has 0 amide bonds. The molecule has 1 aromatic heterocycles. The van der Waals surface area contributed by atoms with Crippen LogP contribution in [-0.2, 0) is 11.3 Å². The molecule has 1 fully saturated rings. The highest BCUT2D eigenvalue weighted by atomic mass is 16.5. The number of benzene rings is 1. The van der Waals surface area contributed by atoms with Crippen molar-refractivity contribution in [2.45, 2.75) is 72.4 Å². The number of nitrogens with zero attached hydrogens (tertiary/aromatic N) is 1. The summed E-state index contributed by atoms with van der Waals surface area (Å²) in [4.78, 5) is 4.61. The number of hydrogen-bond donors (Lipinski definition) is 1. The standard InChI is InChI=1S/C26H38N2O2/c1-6-29-19(2)13-14-27-18-23-15-20-7-10-25(16-21(20)17-28-23)30-24-11-8-22(9-12-24)26(3,4)5/h7,10,15-17,22,24,27H,2,6,8-9,11-14,18H2,1,3-5H3/t22-,24-. The van der Waals surface area contributed by atoms with Gasteiger partial charge in [0.1, 0.15) is 5.75 Å². The topological polar surface area (TPSA) is 43.4 Å². The molecule has 0 saturated heterocycles. The third-order valence-electron chi connectivity index (χ3n) is 6.19. The Labute approximate surface area is 182 Å². The Morgan fingerprint density at radius 3 is 2.60 bits per heavy atom. The van der Waals surface area contributed by atoms with Gasteiger partial charge in [0.15, 0.2) is 0 Å². The summed E-state index contributed by atoms with van der Waals surface area (Å²) in [5.41, 5.74) is 1.45. The van der Waals surface area contributed by atoms with E-state index in [0.717, 1.165) is 60.9 Å². The number of hydrogen-bond acceptors (Lipinski definition) is 4. The molecule has 1 aliphatic carbocycles. The molecule has 1 N–H and O–H groups in total. The normalized spacial score (nSPS) is 19.6. The third-order valence-corrected chi connectivity index (χ3v) is 6.19. The summed E-state index contributed by atoms with van der Waals surface area (Å²) in [6.45, 7) is 15.2. The summed E-state index contributed by atoms with van der Waals surface area (Å²) in [5.74, 6) is 2.60. The lowest BCUT2D eigenvalue weighted by molar-refractivity contribution is 0.0883. The van der Waals surface area contributed by atoms with Crippen LogP contribution in [0.1, 0.15) is 65.5 Å². The number of nitrogens with one attached hydrogen (secondary N) is 1. The van der Waals surface area contributed by atoms with Crippen LogP contribution < -0.4 is 10.1 Å². The van der Waals surface area contributed by atoms with Gasteiger partial charge in [0.25, 0.3) is 0 Å². The van der Waals surface area contributed by atoms with Gasteiger partial charge in [-0.25, -0.2) is 0 Å². The number of rotatable bonds is 9. The molecule has 2 aromatic rings. The van der Waals surface area contributed by atoms with Gasteiger partial charge in [-0.1, -0.05) is 33.4 Å². The molecule has 3 rings (SSSR count). The van der Waals surface area contributed by atoms with E-state index < -0.39 is 0 Å². The quantitative estimate of drug-likeness (QED) is 0.392. The van der Waals surface area contributed by atoms with Gasteiger partial charge < -0.3 is 14.8 Å². The molecular weight excluding hydrogens is 372 g/mol. The molecule has 0 unspecified atom stereocenters. The highest BCUT2D eigenvalue weighted by Gasteiger charge is 2.30. The van der Waals surface area contributed by atoms with Crippen LogP contribution in [0.3, 0.4) is 0 Å². The largest absolute Gasteiger partial charge is 0.499 e. The average Bonchev–Trinajstić information content (AvgIpc) is 2.71. The Morgan fingerprint density at radius 1 is 1.13 bits per heavy atom. The number of pyridine rings is 1. The van der Waals surface area contributed by atoms with Gasteiger partial charge in [-0.05, 0) is 67.5 Å². The first-order valence-corrected chi connectivity index (χ1v) is 11.4. The first-order chi connectivity index (χ1) is 14.3. The van der Waals surface area contributed by atoms with Crippen molar-refractivity contribution in [1.82, 2.24) is 10.3 Å². The summed E-state index contributed by atoms with van der Waals surface area (Å²) in [6, 6.07) is 8.52. The van der Waals surface area contributed by atoms with E-state index in [-0.39, 0.29) is 0 Å². The van der Waals surface area contributed by atoms with Crippen molar-refractivity contribution >= 4 is 10.8 Å². The van der Waals surface area contributed by atoms with Crippen molar-refractivity contribution in [3.63, 3.8) is 0 Å². The van der Waals surface area contributed by atoms with Crippen LogP contribution in [0.4, 0.5) is 0 Å². The van der Waals surface area contributed by atoms with Crippen molar-refractivity contribution in [3.05, 3.63) is 48.5 Å². The van der Waals surface area contributed by atoms with E-state index in [4.69, 9.17) is 9.47 Å². The maximum absolute atomic E-state index is 6.32. The lowest BCUT2D eigenvalue weighted by atomic mass is 9.72. The first-order valence-electron chi connectivity index (χ1n) is 11.4. The summed E-state index contributed by atoms with van der Waals surface area (Å²) in [7, 11) is 0. The Bertz CT molecular complexity index is 833. The van der Waals surface area contributed by atoms with Crippen LogP contribution in [0.15, 0.2) is 42.8 Å². The van der Waals surface area contributed by atoms with Gasteiger partial charge in [0, 0.05) is 31.1 Å². The minimum atomic E-state index is 0.337. The maximum atomic E-state index is 6.32. The Balaban J connectivity index is 1.51. The van der Waals surface area contributed by atoms with Crippen molar-refractivity contribution in [2.75, 3.05) is 13.2 Å². The molecule has 1 saturated carbocycles. The summed E-state index contributed by atoms with van der Waals surface area (Å²) in [6.07, 6.45) is 7.94. The maximum Gasteiger partial charge on any atom is 0.120 e. The van der Waals surface area contributed by atoms with E-state index in [1.165, 1.54) is 18.2 Å². The number of aromatic nitrogens is 1. The van der Waals surface area contributed by atoms with Crippen LogP contribution >= 0.6 is 0 Å². The van der Waals surface area contributed by atoms with E-state index in [9.17, 15) is 0 Å². The van der Waals surface area contributed by atoms with Crippen LogP contribution in [0.5, 0.6) is 5.75 Å². The molecule has 30 heavy (non-hydrogen) atoms. The van der Waals surface area contributed by atoms with Gasteiger partial charge in [-0.3, -0.25) is 4.98 Å². The lowest BCUT2D eigenvalue weighted by Crippen LogP contribution is -2.30. The zero-order valence-corrected chi connectivity index (χ0v) is 19.2. The summed E-state index contributed by atoms with van der Waals surface area (Å²) >= 11 is 0. The van der Waals surface area contributed by atoms with Crippen molar-refractivity contribution < 1.29 is 9.47 Å². The molecular formula is C26H38N2O2. The van der Waals surface area contributed by atoms with Crippen molar-refractivity contribution in [2.24, 2.45) is 11.3 Å². The minimum Gasteiger partial charge on any atom is -0.499 e. The first kappa shape index (κ1) is 22.6. The van der Waals surface area contributed by atoms with Gasteiger partial charge >= 0.3 is 0 Å². The average molecular weight is 411 g/mol. The monoisotopic (exact) mass is 410 g/mol. The molecule has 1 aliphatic rings. The molecule has 4 nitrogen and oxygen atoms in total. The predicted octanol–water partition coefficient (Wildman–Crippen LogP) is 6.25. The SMILES string of the molecule is C=C(CCNCc1cc2ccc(O[C@H]3CC[C@H](C(C)(C)C)CC3)cc2cn1)OCC. The molecule has 0 atom stereocenters. The second-order valence-corrected chi connectivity index (χ2v) is 9.54. The lowest BCUT2D eigenvalue weighted by Gasteiger charge is -2.36. The fourth-order valence-corrected chi connectivity index (χ4v) is 4.30. The zero-order chi connectivity index (χ0) is 21.6. The Hall–Kier alpha value is -2.07. The number of ether oxygens (including phenoxy) is 2. The van der Waals surface area contributed by atoms with Crippen LogP contribution in [0.25, 0.3) is 10.8 Å². The molecule has 0 bridgehead atoms. The summed E-state index contributed by atoms with van der Waals surface area (Å²) in [5, 5.41) is 5.73. The van der Waals surface area contributed by atoms with Gasteiger partial charge in [-0.2, -0.15) is 0 Å². The third kappa shape index (κ3) is 6.46. The highest BCUT2D eigenvalue weighted by Crippen LogP contribution is 2.38. The van der Waals surface area contributed by atoms with E-state index in [2.05, 4.69) is 61.9 Å². The molecule has 0 spiro atoms. The van der Waals surface area contributed by atoms with E-state index in [0.29, 0.717) is 18.1 Å². The minimum absolute atomic E-state index is 0.337. The van der Waals surface area contributed by atoms with Crippen LogP contribution in [-0.4, -0.2) is 24.2 Å². The Kier molecular flexibility index (Phi) is 7.76. The van der Waals surface area contributed by atoms with Gasteiger partial charge in [0.05, 0.1) is 24.2 Å². The van der Waals surface area contributed by atoms with Gasteiger partial charge in [0.2, 0.25) is 0 Å². The predicted molar refractivity (Wildman–Crippen MR) is 125 cm³/mol. The van der Waals surface area contributed by atoms with Gasteiger partial charge in [-0.15, -0.1) is 0 Å². The highest BCUT2D eigenvalue weighted by molar-refractivity contribution is 5.83. The Morgan fingerprint density at radius 2 is 1.90 bits per heavy atom. The second kappa shape index (κ2) is 10.3. The fourth-order valence-electron chi connectivity index (χ4n) is 4.30. The number of fused-ring (bicyclic) bond motifs is 1. The molecule has 4 heteroatoms. The molecule has 1 aromatic carbocycles. The second-order valence-electron chi connectivity index (χ2n) is 9.54. The molecule has 1 heterocycles. The van der Waals surface area contributed by atoms with E-state index in [1.807, 2.05) is 13.1 Å². The van der Waals surface area contributed by atoms with Crippen molar-refractivity contribution in [1.29, 1.82) is 0 Å².